The third-order valence-electron chi connectivity index (χ3n) is 3.17. The lowest BCUT2D eigenvalue weighted by atomic mass is 9.84. The van der Waals surface area contributed by atoms with Gasteiger partial charge in [-0.1, -0.05) is 13.8 Å². The van der Waals surface area contributed by atoms with Crippen LogP contribution in [-0.4, -0.2) is 33.8 Å². The molecule has 18 heavy (non-hydrogen) atoms. The van der Waals surface area contributed by atoms with Gasteiger partial charge in [0.15, 0.2) is 0 Å². The Morgan fingerprint density at radius 3 is 2.06 bits per heavy atom. The van der Waals surface area contributed by atoms with Gasteiger partial charge in [0.1, 0.15) is 5.82 Å². The Morgan fingerprint density at radius 1 is 1.17 bits per heavy atom. The minimum atomic E-state index is -0.928. The first kappa shape index (κ1) is 15.1. The fraction of sp³-hybridized carbons (Fsp3) is 0.692. The van der Waals surface area contributed by atoms with Crippen LogP contribution < -0.4 is 5.46 Å². The summed E-state index contributed by atoms with van der Waals surface area (Å²) in [6, 6.07) is 0. The summed E-state index contributed by atoms with van der Waals surface area (Å²) in [5.41, 5.74) is -0.817. The average Bonchev–Trinajstić information content (AvgIpc) is 2.25. The molecule has 1 N–H and O–H groups in total. The number of aromatic nitrogens is 2. The maximum absolute atomic E-state index is 9.96. The van der Waals surface area contributed by atoms with E-state index in [1.165, 1.54) is 0 Å². The monoisotopic (exact) mass is 249 g/mol. The Kier molecular flexibility index (Phi) is 4.51. The first-order valence-electron chi connectivity index (χ1n) is 6.19. The molecule has 0 fully saturated rings. The summed E-state index contributed by atoms with van der Waals surface area (Å²) in [4.78, 5) is 8.51. The molecule has 0 bridgehead atoms. The lowest BCUT2D eigenvalue weighted by Crippen LogP contribution is -2.49. The molecule has 0 spiro atoms. The lowest BCUT2D eigenvalue weighted by molar-refractivity contribution is -0.0893. The number of nitrogens with zero attached hydrogens (tertiary/aromatic N) is 2. The van der Waals surface area contributed by atoms with E-state index in [0.717, 1.165) is 11.3 Å². The summed E-state index contributed by atoms with van der Waals surface area (Å²) in [5, 5.41) is 9.96. The molecule has 0 amide bonds. The van der Waals surface area contributed by atoms with Crippen molar-refractivity contribution in [3.63, 3.8) is 0 Å². The smallest absolute Gasteiger partial charge is 0.334 e. The number of aliphatic hydroxyl groups is 1. The van der Waals surface area contributed by atoms with Crippen LogP contribution in [0.2, 0.25) is 0 Å². The van der Waals surface area contributed by atoms with Crippen LogP contribution in [0.25, 0.3) is 0 Å². The average molecular weight is 249 g/mol. The van der Waals surface area contributed by atoms with Crippen LogP contribution in [0.5, 0.6) is 0 Å². The molecular formula is C13H22BN2O2. The highest BCUT2D eigenvalue weighted by molar-refractivity contribution is 6.46. The van der Waals surface area contributed by atoms with Crippen molar-refractivity contribution in [3.8, 4) is 0 Å². The van der Waals surface area contributed by atoms with Gasteiger partial charge in [-0.15, -0.1) is 0 Å². The zero-order valence-electron chi connectivity index (χ0n) is 12.1. The van der Waals surface area contributed by atoms with Gasteiger partial charge in [-0.05, 0) is 33.2 Å². The molecule has 0 aliphatic rings. The first-order valence-corrected chi connectivity index (χ1v) is 6.19. The molecule has 0 saturated heterocycles. The fourth-order valence-corrected chi connectivity index (χ4v) is 1.07. The Morgan fingerprint density at radius 2 is 1.67 bits per heavy atom. The molecule has 0 unspecified atom stereocenters. The minimum Gasteiger partial charge on any atom is -0.427 e. The molecule has 1 aromatic heterocycles. The van der Waals surface area contributed by atoms with E-state index in [9.17, 15) is 5.11 Å². The third-order valence-corrected chi connectivity index (χ3v) is 3.17. The Hall–Kier alpha value is -0.935. The van der Waals surface area contributed by atoms with E-state index in [2.05, 4.69) is 9.97 Å². The van der Waals surface area contributed by atoms with E-state index < -0.39 is 11.2 Å². The second-order valence-corrected chi connectivity index (χ2v) is 5.83. The lowest BCUT2D eigenvalue weighted by Gasteiger charge is -2.37. The molecule has 0 aromatic carbocycles. The van der Waals surface area contributed by atoms with Crippen molar-refractivity contribution >= 4 is 12.9 Å². The Bertz CT molecular complexity index is 383. The molecule has 5 heteroatoms. The van der Waals surface area contributed by atoms with E-state index in [4.69, 9.17) is 4.65 Å². The SMILES string of the molecule is CC(C)c1ncc([B]OC(C)(C)C(C)(C)O)cn1. The van der Waals surface area contributed by atoms with E-state index in [0.29, 0.717) is 5.92 Å². The molecule has 0 saturated carbocycles. The van der Waals surface area contributed by atoms with E-state index >= 15 is 0 Å². The van der Waals surface area contributed by atoms with Crippen LogP contribution in [-0.2, 0) is 4.65 Å². The van der Waals surface area contributed by atoms with Crippen molar-refractivity contribution in [1.29, 1.82) is 0 Å². The highest BCUT2D eigenvalue weighted by atomic mass is 16.5. The quantitative estimate of drug-likeness (QED) is 0.801. The topological polar surface area (TPSA) is 55.2 Å². The van der Waals surface area contributed by atoms with Crippen LogP contribution in [0.1, 0.15) is 53.3 Å². The molecule has 1 rings (SSSR count). The highest BCUT2D eigenvalue weighted by Gasteiger charge is 2.35. The minimum absolute atomic E-state index is 0.313. The van der Waals surface area contributed by atoms with Crippen LogP contribution in [0.3, 0.4) is 0 Å². The maximum atomic E-state index is 9.96. The molecule has 1 radical (unpaired) electrons. The van der Waals surface area contributed by atoms with E-state index in [-0.39, 0.29) is 0 Å². The van der Waals surface area contributed by atoms with Gasteiger partial charge in [-0.25, -0.2) is 9.97 Å². The molecule has 1 heterocycles. The zero-order valence-corrected chi connectivity index (χ0v) is 12.1. The van der Waals surface area contributed by atoms with E-state index in [1.54, 1.807) is 33.7 Å². The van der Waals surface area contributed by atoms with Gasteiger partial charge >= 0.3 is 7.48 Å². The number of rotatable bonds is 5. The maximum Gasteiger partial charge on any atom is 0.334 e. The van der Waals surface area contributed by atoms with Gasteiger partial charge in [0.25, 0.3) is 0 Å². The first-order chi connectivity index (χ1) is 8.13. The normalized spacial score (nSPS) is 12.9. The summed E-state index contributed by atoms with van der Waals surface area (Å²) >= 11 is 0. The molecule has 1 aromatic rings. The van der Waals surface area contributed by atoms with Gasteiger partial charge < -0.3 is 9.76 Å². The predicted octanol–water partition coefficient (Wildman–Crippen LogP) is 1.41. The molecule has 4 nitrogen and oxygen atoms in total. The number of hydrogen-bond donors (Lipinski definition) is 1. The van der Waals surface area contributed by atoms with Crippen molar-refractivity contribution < 1.29 is 9.76 Å². The molecular weight excluding hydrogens is 227 g/mol. The largest absolute Gasteiger partial charge is 0.427 e. The fourth-order valence-electron chi connectivity index (χ4n) is 1.07. The van der Waals surface area contributed by atoms with Crippen LogP contribution in [0, 0.1) is 0 Å². The summed E-state index contributed by atoms with van der Waals surface area (Å²) < 4.78 is 5.63. The zero-order chi connectivity index (χ0) is 14.0. The molecule has 0 atom stereocenters. The molecule has 0 aliphatic heterocycles. The van der Waals surface area contributed by atoms with E-state index in [1.807, 2.05) is 27.7 Å². The van der Waals surface area contributed by atoms with Crippen molar-refractivity contribution in [1.82, 2.24) is 9.97 Å². The van der Waals surface area contributed by atoms with Crippen molar-refractivity contribution in [3.05, 3.63) is 18.2 Å². The summed E-state index contributed by atoms with van der Waals surface area (Å²) in [7, 11) is 1.59. The highest BCUT2D eigenvalue weighted by Crippen LogP contribution is 2.24. The van der Waals surface area contributed by atoms with Gasteiger partial charge in [0, 0.05) is 18.3 Å². The second kappa shape index (κ2) is 5.37. The Labute approximate surface area is 110 Å². The van der Waals surface area contributed by atoms with Crippen molar-refractivity contribution in [2.45, 2.75) is 58.7 Å². The molecule has 0 aliphatic carbocycles. The van der Waals surface area contributed by atoms with Crippen molar-refractivity contribution in [2.75, 3.05) is 0 Å². The van der Waals surface area contributed by atoms with Crippen LogP contribution in [0.4, 0.5) is 0 Å². The summed E-state index contributed by atoms with van der Waals surface area (Å²) in [5.74, 6) is 1.13. The van der Waals surface area contributed by atoms with Gasteiger partial charge in [0.05, 0.1) is 11.2 Å². The van der Waals surface area contributed by atoms with Gasteiger partial charge in [-0.3, -0.25) is 0 Å². The van der Waals surface area contributed by atoms with Gasteiger partial charge in [0.2, 0.25) is 0 Å². The van der Waals surface area contributed by atoms with Crippen molar-refractivity contribution in [2.24, 2.45) is 0 Å². The predicted molar refractivity (Wildman–Crippen MR) is 73.0 cm³/mol. The van der Waals surface area contributed by atoms with Crippen LogP contribution in [0.15, 0.2) is 12.4 Å². The van der Waals surface area contributed by atoms with Crippen LogP contribution >= 0.6 is 0 Å². The standard InChI is InChI=1S/C13H22BN2O2/c1-9(2)11-15-7-10(8-16-11)14-18-13(5,6)12(3,4)17/h7-9,17H,1-6H3. The third kappa shape index (κ3) is 3.78. The summed E-state index contributed by atoms with van der Waals surface area (Å²) in [6.45, 7) is 11.2. The number of hydrogen-bond acceptors (Lipinski definition) is 4. The Balaban J connectivity index is 2.64. The second-order valence-electron chi connectivity index (χ2n) is 5.83. The summed E-state index contributed by atoms with van der Waals surface area (Å²) in [6.07, 6.45) is 3.45. The van der Waals surface area contributed by atoms with Gasteiger partial charge in [-0.2, -0.15) is 0 Å². The molecule has 99 valence electrons.